The van der Waals surface area contributed by atoms with Gasteiger partial charge in [0.05, 0.1) is 28.6 Å². The van der Waals surface area contributed by atoms with Crippen molar-refractivity contribution in [3.05, 3.63) is 24.0 Å². The van der Waals surface area contributed by atoms with Crippen molar-refractivity contribution in [2.24, 2.45) is 5.73 Å². The summed E-state index contributed by atoms with van der Waals surface area (Å²) in [7, 11) is -1.66. The van der Waals surface area contributed by atoms with Crippen molar-refractivity contribution < 1.29 is 13.2 Å². The van der Waals surface area contributed by atoms with E-state index in [0.29, 0.717) is 23.5 Å². The number of nitrogens with two attached hydrogens (primary N) is 1. The molecule has 1 aromatic heterocycles. The number of aromatic nitrogens is 2. The Labute approximate surface area is 105 Å². The minimum Gasteiger partial charge on any atom is -0.383 e. The van der Waals surface area contributed by atoms with Gasteiger partial charge in [-0.2, -0.15) is 0 Å². The van der Waals surface area contributed by atoms with Gasteiger partial charge in [0, 0.05) is 13.4 Å². The highest BCUT2D eigenvalue weighted by Gasteiger charge is 2.13. The molecule has 0 bridgehead atoms. The second kappa shape index (κ2) is 4.68. The molecule has 18 heavy (non-hydrogen) atoms. The first-order chi connectivity index (χ1) is 8.41. The summed E-state index contributed by atoms with van der Waals surface area (Å²) in [6.07, 6.45) is 1.17. The van der Waals surface area contributed by atoms with Gasteiger partial charge in [-0.15, -0.1) is 0 Å². The highest BCUT2D eigenvalue weighted by molar-refractivity contribution is 7.90. The molecule has 6 nitrogen and oxygen atoms in total. The Morgan fingerprint density at radius 1 is 1.50 bits per heavy atom. The van der Waals surface area contributed by atoms with Crippen LogP contribution in [0.25, 0.3) is 11.0 Å². The first-order valence-corrected chi connectivity index (χ1v) is 7.25. The Morgan fingerprint density at radius 3 is 2.83 bits per heavy atom. The molecule has 0 saturated heterocycles. The molecule has 1 atom stereocenters. The predicted molar refractivity (Wildman–Crippen MR) is 68.0 cm³/mol. The normalized spacial score (nSPS) is 13.9. The molecule has 0 aliphatic carbocycles. The van der Waals surface area contributed by atoms with E-state index in [0.717, 1.165) is 0 Å². The smallest absolute Gasteiger partial charge is 0.175 e. The number of nitrogens with one attached hydrogen (secondary N) is 1. The van der Waals surface area contributed by atoms with Gasteiger partial charge in [0.25, 0.3) is 0 Å². The summed E-state index contributed by atoms with van der Waals surface area (Å²) in [6.45, 7) is 0.346. The van der Waals surface area contributed by atoms with Gasteiger partial charge in [0.1, 0.15) is 5.82 Å². The number of nitrogens with zero attached hydrogens (tertiary/aromatic N) is 1. The largest absolute Gasteiger partial charge is 0.383 e. The SMILES string of the molecule is COCC(N)c1nc2ccc(S(C)(=O)=O)cc2[nH]1. The number of aromatic amines is 1. The number of rotatable bonds is 4. The third-order valence-corrected chi connectivity index (χ3v) is 3.71. The van der Waals surface area contributed by atoms with Crippen LogP contribution >= 0.6 is 0 Å². The quantitative estimate of drug-likeness (QED) is 0.847. The summed E-state index contributed by atoms with van der Waals surface area (Å²) < 4.78 is 27.8. The van der Waals surface area contributed by atoms with Crippen molar-refractivity contribution in [2.45, 2.75) is 10.9 Å². The lowest BCUT2D eigenvalue weighted by atomic mass is 10.3. The Morgan fingerprint density at radius 2 is 2.22 bits per heavy atom. The van der Waals surface area contributed by atoms with Gasteiger partial charge >= 0.3 is 0 Å². The van der Waals surface area contributed by atoms with Crippen LogP contribution in [0.3, 0.4) is 0 Å². The molecule has 1 aromatic carbocycles. The summed E-state index contributed by atoms with van der Waals surface area (Å²) in [6, 6.07) is 4.39. The summed E-state index contributed by atoms with van der Waals surface area (Å²) in [5, 5.41) is 0. The molecule has 0 fully saturated rings. The molecular formula is C11H15N3O3S. The molecular weight excluding hydrogens is 254 g/mol. The molecule has 1 unspecified atom stereocenters. The van der Waals surface area contributed by atoms with E-state index in [1.807, 2.05) is 0 Å². The van der Waals surface area contributed by atoms with E-state index in [9.17, 15) is 8.42 Å². The molecule has 7 heteroatoms. The first-order valence-electron chi connectivity index (χ1n) is 5.36. The molecule has 98 valence electrons. The van der Waals surface area contributed by atoms with Crippen molar-refractivity contribution in [3.63, 3.8) is 0 Å². The fraction of sp³-hybridized carbons (Fsp3) is 0.364. The van der Waals surface area contributed by atoms with Gasteiger partial charge in [0.15, 0.2) is 9.84 Å². The fourth-order valence-electron chi connectivity index (χ4n) is 1.67. The van der Waals surface area contributed by atoms with E-state index < -0.39 is 9.84 Å². The van der Waals surface area contributed by atoms with Crippen LogP contribution in [-0.4, -0.2) is 38.4 Å². The second-order valence-corrected chi connectivity index (χ2v) is 6.15. The molecule has 1 heterocycles. The zero-order valence-corrected chi connectivity index (χ0v) is 11.0. The van der Waals surface area contributed by atoms with Gasteiger partial charge in [0.2, 0.25) is 0 Å². The van der Waals surface area contributed by atoms with Crippen LogP contribution in [0.4, 0.5) is 0 Å². The Hall–Kier alpha value is -1.44. The average molecular weight is 269 g/mol. The molecule has 3 N–H and O–H groups in total. The number of H-pyrrole nitrogens is 1. The molecule has 0 radical (unpaired) electrons. The zero-order valence-electron chi connectivity index (χ0n) is 10.2. The lowest BCUT2D eigenvalue weighted by molar-refractivity contribution is 0.178. The number of ether oxygens (including phenoxy) is 1. The summed E-state index contributed by atoms with van der Waals surface area (Å²) in [5.74, 6) is 0.581. The molecule has 0 saturated carbocycles. The minimum absolute atomic E-state index is 0.255. The lowest BCUT2D eigenvalue weighted by Crippen LogP contribution is -2.17. The highest BCUT2D eigenvalue weighted by atomic mass is 32.2. The van der Waals surface area contributed by atoms with Crippen LogP contribution in [0.15, 0.2) is 23.1 Å². The number of hydrogen-bond donors (Lipinski definition) is 2. The third kappa shape index (κ3) is 2.53. The van der Waals surface area contributed by atoms with Gasteiger partial charge < -0.3 is 15.5 Å². The fourth-order valence-corrected chi connectivity index (χ4v) is 2.32. The number of sulfone groups is 1. The Bertz CT molecular complexity index is 663. The molecule has 0 aliphatic heterocycles. The van der Waals surface area contributed by atoms with E-state index in [1.165, 1.54) is 12.3 Å². The maximum atomic E-state index is 11.4. The third-order valence-electron chi connectivity index (χ3n) is 2.60. The van der Waals surface area contributed by atoms with Gasteiger partial charge in [-0.3, -0.25) is 0 Å². The summed E-state index contributed by atoms with van der Waals surface area (Å²) in [5.41, 5.74) is 7.19. The monoisotopic (exact) mass is 269 g/mol. The molecule has 2 rings (SSSR count). The summed E-state index contributed by atoms with van der Waals surface area (Å²) >= 11 is 0. The minimum atomic E-state index is -3.22. The van der Waals surface area contributed by atoms with Crippen LogP contribution in [0, 0.1) is 0 Å². The molecule has 2 aromatic rings. The van der Waals surface area contributed by atoms with E-state index >= 15 is 0 Å². The summed E-state index contributed by atoms with van der Waals surface area (Å²) in [4.78, 5) is 7.57. The van der Waals surface area contributed by atoms with Gasteiger partial charge in [-0.25, -0.2) is 13.4 Å². The van der Waals surface area contributed by atoms with Crippen molar-refractivity contribution in [2.75, 3.05) is 20.0 Å². The van der Waals surface area contributed by atoms with Crippen molar-refractivity contribution in [1.29, 1.82) is 0 Å². The van der Waals surface area contributed by atoms with Gasteiger partial charge in [-0.05, 0) is 18.2 Å². The van der Waals surface area contributed by atoms with E-state index in [4.69, 9.17) is 10.5 Å². The molecule has 0 spiro atoms. The topological polar surface area (TPSA) is 98.1 Å². The van der Waals surface area contributed by atoms with Crippen LogP contribution < -0.4 is 5.73 Å². The number of imidazole rings is 1. The van der Waals surface area contributed by atoms with Crippen molar-refractivity contribution >= 4 is 20.9 Å². The van der Waals surface area contributed by atoms with Crippen LogP contribution in [0.5, 0.6) is 0 Å². The number of hydrogen-bond acceptors (Lipinski definition) is 5. The lowest BCUT2D eigenvalue weighted by Gasteiger charge is -2.05. The zero-order chi connectivity index (χ0) is 13.3. The van der Waals surface area contributed by atoms with Crippen molar-refractivity contribution in [3.8, 4) is 0 Å². The number of benzene rings is 1. The van der Waals surface area contributed by atoms with Crippen LogP contribution in [0.2, 0.25) is 0 Å². The van der Waals surface area contributed by atoms with Crippen LogP contribution in [0.1, 0.15) is 11.9 Å². The van der Waals surface area contributed by atoms with E-state index in [2.05, 4.69) is 9.97 Å². The maximum Gasteiger partial charge on any atom is 0.175 e. The molecule has 0 aliphatic rings. The number of fused-ring (bicyclic) bond motifs is 1. The standard InChI is InChI=1S/C11H15N3O3S/c1-17-6-8(12)11-13-9-4-3-7(18(2,15)16)5-10(9)14-11/h3-5,8H,6,12H2,1-2H3,(H,13,14). The van der Waals surface area contributed by atoms with Crippen LogP contribution in [-0.2, 0) is 14.6 Å². The highest BCUT2D eigenvalue weighted by Crippen LogP contribution is 2.19. The second-order valence-electron chi connectivity index (χ2n) is 4.13. The van der Waals surface area contributed by atoms with Crippen molar-refractivity contribution in [1.82, 2.24) is 9.97 Å². The average Bonchev–Trinajstić information content (AvgIpc) is 2.70. The Balaban J connectivity index is 2.46. The van der Waals surface area contributed by atoms with Gasteiger partial charge in [-0.1, -0.05) is 0 Å². The predicted octanol–water partition coefficient (Wildman–Crippen LogP) is 0.613. The first kappa shape index (κ1) is 13.0. The number of methoxy groups -OCH3 is 1. The molecule has 0 amide bonds. The Kier molecular flexibility index (Phi) is 3.38. The maximum absolute atomic E-state index is 11.4. The van der Waals surface area contributed by atoms with E-state index in [1.54, 1.807) is 19.2 Å². The van der Waals surface area contributed by atoms with E-state index in [-0.39, 0.29) is 10.9 Å².